The van der Waals surface area contributed by atoms with Crippen molar-refractivity contribution in [2.45, 2.75) is 14.4 Å². The van der Waals surface area contributed by atoms with Crippen LogP contribution in [0.15, 0.2) is 128 Å². The van der Waals surface area contributed by atoms with Gasteiger partial charge in [0.25, 0.3) is 17.1 Å². The number of rotatable bonds is 9. The number of carbonyl (C=O) groups is 3. The number of nitrogens with zero attached hydrogens (tertiary/aromatic N) is 8. The molecule has 0 aliphatic carbocycles. The number of aromatic amines is 1. The topological polar surface area (TPSA) is 329 Å². The lowest BCUT2D eigenvalue weighted by molar-refractivity contribution is -0.385. The molecule has 8 aromatic rings. The number of ether oxygens (including phenoxy) is 3. The standard InChI is InChI=1S/C17H10ClN5O2.C13H9ClN2O4.C8H8BNO6.C5H3Cl2N.C3H6O2.CH4/c18-13-3-1-5-19-15(13)10-7-11(9-12(8-10)23(24)25)16-21-14-4-2-6-20-17(14)22-16;1-20-13(17)9-5-8(6-10(7-9)16(18)19)12-11(14)3-2-4-15-12;1-16-8(11)5-2-6(9(12)13)4-7(3-5)10(14)15;6-4-2-1-3-8-5(4)7;1-3(4)5-2;/h1-9H,(H,20,21,22);2-7H,1H3;2-4,12-13H,1H3;1-3H;1-2H3;1H4. The van der Waals surface area contributed by atoms with Crippen LogP contribution in [0.4, 0.5) is 17.1 Å². The molecule has 75 heavy (non-hydrogen) atoms. The predicted octanol–water partition coefficient (Wildman–Crippen LogP) is 9.61. The number of methoxy groups -OCH3 is 3. The highest BCUT2D eigenvalue weighted by molar-refractivity contribution is 6.58. The molecule has 0 unspecified atom stereocenters. The van der Waals surface area contributed by atoms with Crippen molar-refractivity contribution in [2.75, 3.05) is 21.3 Å². The molecule has 8 rings (SSSR count). The second kappa shape index (κ2) is 29.3. The predicted molar refractivity (Wildman–Crippen MR) is 280 cm³/mol. The van der Waals surface area contributed by atoms with Gasteiger partial charge < -0.3 is 29.2 Å². The minimum absolute atomic E-state index is 0. The zero-order valence-corrected chi connectivity index (χ0v) is 41.6. The summed E-state index contributed by atoms with van der Waals surface area (Å²) in [7, 11) is 1.79. The molecular weight excluding hydrogens is 1070 g/mol. The number of carbonyl (C=O) groups excluding carboxylic acids is 3. The second-order valence-corrected chi connectivity index (χ2v) is 15.7. The van der Waals surface area contributed by atoms with Crippen LogP contribution < -0.4 is 5.46 Å². The first-order chi connectivity index (χ1) is 35.2. The lowest BCUT2D eigenvalue weighted by atomic mass is 9.79. The van der Waals surface area contributed by atoms with Crippen LogP contribution >= 0.6 is 46.4 Å². The number of non-ortho nitro benzene ring substituents is 3. The number of pyridine rings is 4. The van der Waals surface area contributed by atoms with E-state index in [0.29, 0.717) is 59.8 Å². The maximum absolute atomic E-state index is 11.6. The van der Waals surface area contributed by atoms with Crippen molar-refractivity contribution in [3.63, 3.8) is 0 Å². The van der Waals surface area contributed by atoms with Gasteiger partial charge in [-0.25, -0.2) is 24.5 Å². The summed E-state index contributed by atoms with van der Waals surface area (Å²) in [6, 6.07) is 25.3. The monoisotopic (exact) mass is 1110 g/mol. The number of imidazole rings is 1. The average molecular weight is 1110 g/mol. The SMILES string of the molecule is C.COC(=O)c1cc(-c2ncccc2Cl)cc([N+](=O)[O-])c1.COC(=O)c1cc(B(O)O)cc([N+](=O)[O-])c1.COC(C)=O.Clc1cccnc1Cl.O=[N+]([O-])c1cc(-c2nc3ncccc3[nH]2)cc(-c2ncccc2Cl)c1. The fourth-order valence-corrected chi connectivity index (χ4v) is 6.45. The number of hydrogen-bond acceptors (Lipinski definition) is 19. The summed E-state index contributed by atoms with van der Waals surface area (Å²) in [6.45, 7) is 1.36. The van der Waals surface area contributed by atoms with E-state index in [1.165, 1.54) is 51.6 Å². The Hall–Kier alpha value is -8.52. The minimum atomic E-state index is -1.89. The maximum atomic E-state index is 11.6. The fourth-order valence-electron chi connectivity index (χ4n) is 5.75. The number of fused-ring (bicyclic) bond motifs is 1. The van der Waals surface area contributed by atoms with Crippen LogP contribution in [-0.4, -0.2) is 101 Å². The summed E-state index contributed by atoms with van der Waals surface area (Å²) in [5.41, 5.74) is 2.72. The van der Waals surface area contributed by atoms with Crippen molar-refractivity contribution in [3.8, 4) is 33.9 Å². The molecular formula is C47H40BCl4N9O14. The number of halogens is 4. The number of nitro groups is 3. The molecule has 0 spiro atoms. The van der Waals surface area contributed by atoms with E-state index in [9.17, 15) is 44.7 Å². The van der Waals surface area contributed by atoms with E-state index in [4.69, 9.17) is 56.5 Å². The third-order valence-electron chi connectivity index (χ3n) is 9.14. The summed E-state index contributed by atoms with van der Waals surface area (Å²) in [4.78, 5) is 87.0. The van der Waals surface area contributed by atoms with Gasteiger partial charge in [0.1, 0.15) is 11.0 Å². The van der Waals surface area contributed by atoms with Crippen LogP contribution in [0.25, 0.3) is 45.1 Å². The van der Waals surface area contributed by atoms with Crippen LogP contribution in [0.3, 0.4) is 0 Å². The largest absolute Gasteiger partial charge is 0.488 e. The van der Waals surface area contributed by atoms with Gasteiger partial charge in [-0.2, -0.15) is 0 Å². The molecule has 0 bridgehead atoms. The average Bonchev–Trinajstić information content (AvgIpc) is 3.84. The van der Waals surface area contributed by atoms with E-state index in [-0.39, 0.29) is 41.4 Å². The van der Waals surface area contributed by atoms with Crippen LogP contribution in [-0.2, 0) is 19.0 Å². The molecule has 3 N–H and O–H groups in total. The smallest absolute Gasteiger partial charge is 0.469 e. The van der Waals surface area contributed by atoms with Crippen LogP contribution in [0.1, 0.15) is 35.1 Å². The van der Waals surface area contributed by atoms with Crippen molar-refractivity contribution < 1.29 is 53.4 Å². The quantitative estimate of drug-likeness (QED) is 0.0302. The van der Waals surface area contributed by atoms with Crippen LogP contribution in [0.5, 0.6) is 0 Å². The third kappa shape index (κ3) is 17.9. The molecule has 0 aliphatic rings. The first kappa shape index (κ1) is 60.8. The number of nitrogens with one attached hydrogen (secondary N) is 1. The van der Waals surface area contributed by atoms with E-state index in [2.05, 4.69) is 44.1 Å². The number of hydrogen-bond donors (Lipinski definition) is 3. The van der Waals surface area contributed by atoms with Gasteiger partial charge in [0.15, 0.2) is 5.65 Å². The van der Waals surface area contributed by atoms with Gasteiger partial charge in [-0.05, 0) is 72.2 Å². The first-order valence-electron chi connectivity index (χ1n) is 20.4. The molecule has 0 amide bonds. The fraction of sp³-hybridized carbons (Fsp3) is 0.106. The Labute approximate surface area is 445 Å². The molecule has 0 aliphatic heterocycles. The van der Waals surface area contributed by atoms with Gasteiger partial charge in [-0.1, -0.05) is 53.8 Å². The van der Waals surface area contributed by atoms with Gasteiger partial charge in [-0.3, -0.25) is 45.1 Å². The van der Waals surface area contributed by atoms with Gasteiger partial charge in [0.05, 0.1) is 79.2 Å². The van der Waals surface area contributed by atoms with Crippen molar-refractivity contribution >= 4 is 105 Å². The molecule has 0 saturated heterocycles. The summed E-state index contributed by atoms with van der Waals surface area (Å²) < 4.78 is 13.1. The molecule has 0 radical (unpaired) electrons. The van der Waals surface area contributed by atoms with E-state index in [1.807, 2.05) is 6.07 Å². The number of benzene rings is 3. The molecule has 28 heteroatoms. The molecule has 5 aromatic heterocycles. The molecule has 388 valence electrons. The summed E-state index contributed by atoms with van der Waals surface area (Å²) in [6.07, 6.45) is 6.33. The lowest BCUT2D eigenvalue weighted by Crippen LogP contribution is -2.30. The van der Waals surface area contributed by atoms with Crippen molar-refractivity contribution in [3.05, 3.63) is 190 Å². The summed E-state index contributed by atoms with van der Waals surface area (Å²) in [5, 5.41) is 52.2. The van der Waals surface area contributed by atoms with Gasteiger partial charge in [0.2, 0.25) is 0 Å². The lowest BCUT2D eigenvalue weighted by Gasteiger charge is -2.06. The summed E-state index contributed by atoms with van der Waals surface area (Å²) >= 11 is 23.2. The van der Waals surface area contributed by atoms with Gasteiger partial charge in [0, 0.05) is 84.8 Å². The van der Waals surface area contributed by atoms with Crippen molar-refractivity contribution in [2.24, 2.45) is 0 Å². The summed E-state index contributed by atoms with van der Waals surface area (Å²) in [5.74, 6) is -1.21. The highest BCUT2D eigenvalue weighted by atomic mass is 35.5. The van der Waals surface area contributed by atoms with Gasteiger partial charge >= 0.3 is 25.0 Å². The Morgan fingerprint density at radius 1 is 0.573 bits per heavy atom. The van der Waals surface area contributed by atoms with E-state index < -0.39 is 39.5 Å². The minimum Gasteiger partial charge on any atom is -0.469 e. The number of esters is 3. The zero-order chi connectivity index (χ0) is 54.6. The van der Waals surface area contributed by atoms with Crippen LogP contribution in [0, 0.1) is 30.3 Å². The highest BCUT2D eigenvalue weighted by Crippen LogP contribution is 2.33. The third-order valence-corrected chi connectivity index (χ3v) is 10.5. The Balaban J connectivity index is 0.000000267. The molecule has 23 nitrogen and oxygen atoms in total. The number of aromatic nitrogens is 6. The second-order valence-electron chi connectivity index (χ2n) is 14.1. The van der Waals surface area contributed by atoms with E-state index >= 15 is 0 Å². The molecule has 0 saturated carbocycles. The van der Waals surface area contributed by atoms with E-state index in [1.54, 1.807) is 67.1 Å². The Bertz CT molecular complexity index is 3280. The molecule has 0 atom stereocenters. The zero-order valence-electron chi connectivity index (χ0n) is 38.6. The Kier molecular flexibility index (Phi) is 23.7. The number of nitro benzene ring substituents is 3. The molecule has 0 fully saturated rings. The maximum Gasteiger partial charge on any atom is 0.488 e. The Morgan fingerprint density at radius 3 is 1.43 bits per heavy atom. The van der Waals surface area contributed by atoms with Crippen molar-refractivity contribution in [1.82, 2.24) is 29.9 Å². The van der Waals surface area contributed by atoms with Crippen LogP contribution in [0.2, 0.25) is 20.2 Å². The number of H-pyrrole nitrogens is 1. The molecule has 3 aromatic carbocycles. The van der Waals surface area contributed by atoms with Crippen molar-refractivity contribution in [1.29, 1.82) is 0 Å². The van der Waals surface area contributed by atoms with E-state index in [0.717, 1.165) is 36.9 Å². The Morgan fingerprint density at radius 2 is 1.00 bits per heavy atom. The highest BCUT2D eigenvalue weighted by Gasteiger charge is 2.21. The normalized spacial score (nSPS) is 9.84. The van der Waals surface area contributed by atoms with Gasteiger partial charge in [-0.15, -0.1) is 0 Å². The molecule has 5 heterocycles. The first-order valence-corrected chi connectivity index (χ1v) is 21.9.